The number of hydrogen-bond donors (Lipinski definition) is 3. The maximum absolute atomic E-state index is 12.5. The van der Waals surface area contributed by atoms with Crippen molar-refractivity contribution in [2.45, 2.75) is 33.2 Å². The molecule has 3 aromatic rings. The number of aliphatic hydroxyl groups excluding tert-OH is 1. The SMILES string of the molecule is Cc1nn2c(N)c(C#N)c(NCCc3cccn(CCCO)c3=O)nc2c1C. The largest absolute Gasteiger partial charge is 0.396 e. The van der Waals surface area contributed by atoms with Crippen LogP contribution < -0.4 is 16.6 Å². The number of nitrogens with zero attached hydrogens (tertiary/aromatic N) is 5. The zero-order valence-corrected chi connectivity index (χ0v) is 15.9. The van der Waals surface area contributed by atoms with E-state index in [0.717, 1.165) is 11.3 Å². The van der Waals surface area contributed by atoms with E-state index in [0.29, 0.717) is 43.0 Å². The van der Waals surface area contributed by atoms with E-state index in [2.05, 4.69) is 21.5 Å². The highest BCUT2D eigenvalue weighted by Crippen LogP contribution is 2.24. The van der Waals surface area contributed by atoms with E-state index in [1.165, 1.54) is 4.52 Å². The molecule has 3 heterocycles. The van der Waals surface area contributed by atoms with Gasteiger partial charge in [-0.2, -0.15) is 14.9 Å². The molecule has 0 amide bonds. The van der Waals surface area contributed by atoms with E-state index < -0.39 is 0 Å². The number of aryl methyl sites for hydroxylation is 3. The van der Waals surface area contributed by atoms with E-state index in [1.807, 2.05) is 19.9 Å². The fourth-order valence-electron chi connectivity index (χ4n) is 3.03. The maximum atomic E-state index is 12.5. The molecule has 0 saturated carbocycles. The second-order valence-electron chi connectivity index (χ2n) is 6.56. The van der Waals surface area contributed by atoms with Crippen LogP contribution in [0.1, 0.15) is 28.8 Å². The number of nitriles is 1. The van der Waals surface area contributed by atoms with Crippen molar-refractivity contribution in [1.82, 2.24) is 19.2 Å². The number of aromatic nitrogens is 4. The van der Waals surface area contributed by atoms with Gasteiger partial charge in [0.15, 0.2) is 5.65 Å². The highest BCUT2D eigenvalue weighted by Gasteiger charge is 2.17. The smallest absolute Gasteiger partial charge is 0.253 e. The summed E-state index contributed by atoms with van der Waals surface area (Å²) in [4.78, 5) is 17.0. The van der Waals surface area contributed by atoms with Crippen molar-refractivity contribution in [3.8, 4) is 6.07 Å². The van der Waals surface area contributed by atoms with Crippen LogP contribution in [0.25, 0.3) is 5.65 Å². The number of anilines is 2. The summed E-state index contributed by atoms with van der Waals surface area (Å²) >= 11 is 0. The van der Waals surface area contributed by atoms with Gasteiger partial charge in [0.2, 0.25) is 0 Å². The number of nitrogens with one attached hydrogen (secondary N) is 1. The molecule has 0 bridgehead atoms. The summed E-state index contributed by atoms with van der Waals surface area (Å²) in [7, 11) is 0. The van der Waals surface area contributed by atoms with Gasteiger partial charge in [0.05, 0.1) is 5.69 Å². The summed E-state index contributed by atoms with van der Waals surface area (Å²) in [6, 6.07) is 5.67. The average molecular weight is 381 g/mol. The Bertz CT molecular complexity index is 1110. The molecule has 0 aromatic carbocycles. The molecule has 28 heavy (non-hydrogen) atoms. The van der Waals surface area contributed by atoms with Gasteiger partial charge in [-0.15, -0.1) is 0 Å². The predicted octanol–water partition coefficient (Wildman–Crippen LogP) is 0.999. The molecule has 3 rings (SSSR count). The van der Waals surface area contributed by atoms with Crippen LogP contribution in [0.3, 0.4) is 0 Å². The molecule has 0 aliphatic carbocycles. The Morgan fingerprint density at radius 3 is 2.89 bits per heavy atom. The summed E-state index contributed by atoms with van der Waals surface area (Å²) in [6.07, 6.45) is 2.71. The first kappa shape index (κ1) is 19.4. The van der Waals surface area contributed by atoms with E-state index in [1.54, 1.807) is 16.8 Å². The minimum Gasteiger partial charge on any atom is -0.396 e. The van der Waals surface area contributed by atoms with Crippen LogP contribution in [-0.2, 0) is 13.0 Å². The van der Waals surface area contributed by atoms with Gasteiger partial charge in [-0.25, -0.2) is 4.98 Å². The summed E-state index contributed by atoms with van der Waals surface area (Å²) in [5.74, 6) is 0.615. The molecule has 0 fully saturated rings. The summed E-state index contributed by atoms with van der Waals surface area (Å²) in [5.41, 5.74) is 9.20. The molecule has 0 spiro atoms. The van der Waals surface area contributed by atoms with E-state index in [-0.39, 0.29) is 23.5 Å². The first-order valence-electron chi connectivity index (χ1n) is 9.06. The standard InChI is InChI=1S/C19H23N7O2/c1-12-13(2)24-26-16(21)15(11-20)17(23-18(12)26)22-7-6-14-5-3-8-25(19(14)28)9-4-10-27/h3,5,8,27H,4,6-7,9-10,21H2,1-2H3,(H,22,23). The lowest BCUT2D eigenvalue weighted by Crippen LogP contribution is -2.25. The molecule has 0 saturated heterocycles. The first-order chi connectivity index (χ1) is 13.5. The van der Waals surface area contributed by atoms with Gasteiger partial charge >= 0.3 is 0 Å². The van der Waals surface area contributed by atoms with Gasteiger partial charge in [-0.1, -0.05) is 6.07 Å². The topological polar surface area (TPSA) is 134 Å². The summed E-state index contributed by atoms with van der Waals surface area (Å²) in [5, 5.41) is 25.9. The molecular weight excluding hydrogens is 358 g/mol. The molecule has 0 aliphatic rings. The van der Waals surface area contributed by atoms with Gasteiger partial charge < -0.3 is 20.7 Å². The number of nitrogen functional groups attached to an aromatic ring is 1. The van der Waals surface area contributed by atoms with Crippen LogP contribution in [0, 0.1) is 25.2 Å². The molecule has 3 aromatic heterocycles. The fourth-order valence-corrected chi connectivity index (χ4v) is 3.03. The van der Waals surface area contributed by atoms with E-state index in [9.17, 15) is 10.1 Å². The molecular formula is C19H23N7O2. The van der Waals surface area contributed by atoms with Gasteiger partial charge in [0, 0.05) is 37.0 Å². The Labute approximate surface area is 162 Å². The molecule has 4 N–H and O–H groups in total. The quantitative estimate of drug-likeness (QED) is 0.556. The highest BCUT2D eigenvalue weighted by molar-refractivity contribution is 5.69. The fraction of sp³-hybridized carbons (Fsp3) is 0.368. The number of hydrogen-bond acceptors (Lipinski definition) is 7. The summed E-state index contributed by atoms with van der Waals surface area (Å²) in [6.45, 7) is 4.70. The van der Waals surface area contributed by atoms with Crippen molar-refractivity contribution in [3.63, 3.8) is 0 Å². The van der Waals surface area contributed by atoms with Gasteiger partial charge in [-0.05, 0) is 32.8 Å². The number of rotatable bonds is 7. The lowest BCUT2D eigenvalue weighted by atomic mass is 10.2. The average Bonchev–Trinajstić information content (AvgIpc) is 2.97. The second kappa shape index (κ2) is 8.10. The Morgan fingerprint density at radius 1 is 1.39 bits per heavy atom. The van der Waals surface area contributed by atoms with Crippen molar-refractivity contribution < 1.29 is 5.11 Å². The van der Waals surface area contributed by atoms with Crippen LogP contribution in [0.4, 0.5) is 11.6 Å². The Balaban J connectivity index is 1.82. The lowest BCUT2D eigenvalue weighted by Gasteiger charge is -2.11. The molecule has 9 heteroatoms. The molecule has 146 valence electrons. The predicted molar refractivity (Wildman–Crippen MR) is 106 cm³/mol. The third-order valence-corrected chi connectivity index (χ3v) is 4.72. The van der Waals surface area contributed by atoms with Crippen LogP contribution in [0.5, 0.6) is 0 Å². The second-order valence-corrected chi connectivity index (χ2v) is 6.56. The number of nitrogens with two attached hydrogens (primary N) is 1. The van der Waals surface area contributed by atoms with E-state index >= 15 is 0 Å². The molecule has 0 aliphatic heterocycles. The molecule has 9 nitrogen and oxygen atoms in total. The van der Waals surface area contributed by atoms with Gasteiger partial charge in [0.25, 0.3) is 5.56 Å². The third-order valence-electron chi connectivity index (χ3n) is 4.72. The molecule has 0 atom stereocenters. The van der Waals surface area contributed by atoms with Crippen molar-refractivity contribution >= 4 is 17.3 Å². The molecule has 0 radical (unpaired) electrons. The van der Waals surface area contributed by atoms with Gasteiger partial charge in [-0.3, -0.25) is 4.79 Å². The lowest BCUT2D eigenvalue weighted by molar-refractivity contribution is 0.279. The number of fused-ring (bicyclic) bond motifs is 1. The van der Waals surface area contributed by atoms with Gasteiger partial charge in [0.1, 0.15) is 23.3 Å². The highest BCUT2D eigenvalue weighted by atomic mass is 16.3. The number of pyridine rings is 1. The zero-order chi connectivity index (χ0) is 20.3. The van der Waals surface area contributed by atoms with Crippen molar-refractivity contribution in [2.75, 3.05) is 24.2 Å². The van der Waals surface area contributed by atoms with Crippen LogP contribution in [-0.4, -0.2) is 37.4 Å². The zero-order valence-electron chi connectivity index (χ0n) is 15.9. The minimum atomic E-state index is -0.0801. The Morgan fingerprint density at radius 2 is 2.18 bits per heavy atom. The van der Waals surface area contributed by atoms with E-state index in [4.69, 9.17) is 10.8 Å². The van der Waals surface area contributed by atoms with Crippen molar-refractivity contribution in [3.05, 3.63) is 51.1 Å². The first-order valence-corrected chi connectivity index (χ1v) is 9.06. The Hall–Kier alpha value is -3.38. The molecule has 0 unspecified atom stereocenters. The van der Waals surface area contributed by atoms with Crippen molar-refractivity contribution in [1.29, 1.82) is 5.26 Å². The summed E-state index contributed by atoms with van der Waals surface area (Å²) < 4.78 is 3.07. The van der Waals surface area contributed by atoms with Crippen LogP contribution >= 0.6 is 0 Å². The maximum Gasteiger partial charge on any atom is 0.253 e. The Kier molecular flexibility index (Phi) is 5.61. The van der Waals surface area contributed by atoms with Crippen molar-refractivity contribution in [2.24, 2.45) is 0 Å². The minimum absolute atomic E-state index is 0.0399. The third kappa shape index (κ3) is 3.54. The monoisotopic (exact) mass is 381 g/mol. The van der Waals surface area contributed by atoms with Crippen LogP contribution in [0.2, 0.25) is 0 Å². The number of aliphatic hydroxyl groups is 1. The van der Waals surface area contributed by atoms with Crippen LogP contribution in [0.15, 0.2) is 23.1 Å². The normalized spacial score (nSPS) is 10.9.